The number of rotatable bonds is 7. The van der Waals surface area contributed by atoms with Gasteiger partial charge in [-0.2, -0.15) is 0 Å². The molecular weight excluding hydrogens is 493 g/mol. The normalized spacial score (nSPS) is 10.2. The van der Waals surface area contributed by atoms with Crippen LogP contribution in [0.2, 0.25) is 0 Å². The first-order valence-electron chi connectivity index (χ1n) is 9.32. The zero-order chi connectivity index (χ0) is 21.3. The zero-order valence-corrected chi connectivity index (χ0v) is 18.2. The van der Waals surface area contributed by atoms with E-state index in [1.165, 1.54) is 0 Å². The monoisotopic (exact) mass is 513 g/mol. The highest BCUT2D eigenvalue weighted by molar-refractivity contribution is 14.1. The third-order valence-corrected chi connectivity index (χ3v) is 5.20. The number of hydrogen-bond donors (Lipinski definition) is 3. The van der Waals surface area contributed by atoms with Crippen LogP contribution in [-0.2, 0) is 0 Å². The summed E-state index contributed by atoms with van der Waals surface area (Å²) >= 11 is 2.12. The van der Waals surface area contributed by atoms with Crippen LogP contribution in [0.4, 0.5) is 5.69 Å². The zero-order valence-electron chi connectivity index (χ0n) is 16.0. The Balaban J connectivity index is 1.46. The molecule has 0 heterocycles. The first kappa shape index (κ1) is 21.5. The Hall–Kier alpha value is -3.20. The quantitative estimate of drug-likeness (QED) is 0.333. The fourth-order valence-corrected chi connectivity index (χ4v) is 3.33. The van der Waals surface area contributed by atoms with E-state index < -0.39 is 0 Å². The van der Waals surface area contributed by atoms with Gasteiger partial charge in [0.1, 0.15) is 0 Å². The maximum atomic E-state index is 12.4. The van der Waals surface area contributed by atoms with Crippen LogP contribution in [0.3, 0.4) is 0 Å². The Morgan fingerprint density at radius 3 is 1.77 bits per heavy atom. The van der Waals surface area contributed by atoms with Gasteiger partial charge >= 0.3 is 0 Å². The molecule has 0 spiro atoms. The molecule has 3 N–H and O–H groups in total. The van der Waals surface area contributed by atoms with Gasteiger partial charge in [-0.05, 0) is 71.1 Å². The predicted molar refractivity (Wildman–Crippen MR) is 125 cm³/mol. The van der Waals surface area contributed by atoms with Gasteiger partial charge in [0.05, 0.1) is 5.56 Å². The van der Waals surface area contributed by atoms with Gasteiger partial charge in [-0.25, -0.2) is 0 Å². The summed E-state index contributed by atoms with van der Waals surface area (Å²) in [6.07, 6.45) is 0. The molecule has 3 rings (SSSR count). The Morgan fingerprint density at radius 1 is 0.633 bits per heavy atom. The van der Waals surface area contributed by atoms with Crippen LogP contribution < -0.4 is 16.0 Å². The number of carbonyl (C=O) groups excluding carboxylic acids is 3. The van der Waals surface area contributed by atoms with Crippen molar-refractivity contribution in [2.24, 2.45) is 0 Å². The lowest BCUT2D eigenvalue weighted by Crippen LogP contribution is -2.34. The highest BCUT2D eigenvalue weighted by Crippen LogP contribution is 2.15. The first-order valence-corrected chi connectivity index (χ1v) is 10.4. The summed E-state index contributed by atoms with van der Waals surface area (Å²) in [5.74, 6) is -0.635. The minimum atomic E-state index is -0.251. The van der Waals surface area contributed by atoms with E-state index in [1.807, 2.05) is 24.3 Å². The predicted octanol–water partition coefficient (Wildman–Crippen LogP) is 3.70. The molecule has 0 aromatic heterocycles. The van der Waals surface area contributed by atoms with E-state index in [-0.39, 0.29) is 17.7 Å². The third-order valence-electron chi connectivity index (χ3n) is 4.26. The summed E-state index contributed by atoms with van der Waals surface area (Å²) in [5.41, 5.74) is 2.24. The lowest BCUT2D eigenvalue weighted by molar-refractivity contribution is 0.0927. The van der Waals surface area contributed by atoms with E-state index in [1.54, 1.807) is 54.6 Å². The second kappa shape index (κ2) is 10.5. The molecule has 0 aliphatic rings. The summed E-state index contributed by atoms with van der Waals surface area (Å²) < 4.78 is 0.864. The molecule has 3 aromatic carbocycles. The molecule has 0 saturated carbocycles. The van der Waals surface area contributed by atoms with Crippen LogP contribution >= 0.6 is 22.6 Å². The lowest BCUT2D eigenvalue weighted by atomic mass is 10.1. The summed E-state index contributed by atoms with van der Waals surface area (Å²) in [5, 5.41) is 8.33. The standard InChI is InChI=1S/C23H20IN3O3/c24-20-9-5-4-8-19(20)23(30)27-18-12-10-17(11-13-18)22(29)26-15-14-25-21(28)16-6-2-1-3-7-16/h1-13H,14-15H2,(H,25,28)(H,26,29)(H,27,30). The van der Waals surface area contributed by atoms with Gasteiger partial charge in [-0.1, -0.05) is 30.3 Å². The smallest absolute Gasteiger partial charge is 0.256 e. The van der Waals surface area contributed by atoms with Crippen LogP contribution in [0.25, 0.3) is 0 Å². The van der Waals surface area contributed by atoms with Crippen LogP contribution in [0.1, 0.15) is 31.1 Å². The van der Waals surface area contributed by atoms with Gasteiger partial charge in [0, 0.05) is 33.5 Å². The van der Waals surface area contributed by atoms with Crippen molar-refractivity contribution >= 4 is 46.0 Å². The molecule has 0 aliphatic heterocycles. The number of hydrogen-bond acceptors (Lipinski definition) is 3. The second-order valence-electron chi connectivity index (χ2n) is 6.39. The summed E-state index contributed by atoms with van der Waals surface area (Å²) in [4.78, 5) is 36.6. The van der Waals surface area contributed by atoms with Gasteiger partial charge in [0.2, 0.25) is 0 Å². The summed E-state index contributed by atoms with van der Waals surface area (Å²) in [7, 11) is 0. The van der Waals surface area contributed by atoms with E-state index in [9.17, 15) is 14.4 Å². The molecule has 3 aromatic rings. The Bertz CT molecular complexity index is 1040. The maximum Gasteiger partial charge on any atom is 0.256 e. The molecule has 0 atom stereocenters. The van der Waals surface area contributed by atoms with Crippen LogP contribution in [0.5, 0.6) is 0 Å². The van der Waals surface area contributed by atoms with Crippen molar-refractivity contribution in [1.29, 1.82) is 0 Å². The van der Waals surface area contributed by atoms with Gasteiger partial charge in [-0.3, -0.25) is 14.4 Å². The van der Waals surface area contributed by atoms with E-state index in [0.29, 0.717) is 35.5 Å². The minimum Gasteiger partial charge on any atom is -0.350 e. The third kappa shape index (κ3) is 5.90. The average Bonchev–Trinajstić information content (AvgIpc) is 2.77. The van der Waals surface area contributed by atoms with Crippen LogP contribution in [-0.4, -0.2) is 30.8 Å². The van der Waals surface area contributed by atoms with Crippen molar-refractivity contribution in [2.45, 2.75) is 0 Å². The number of benzene rings is 3. The minimum absolute atomic E-state index is 0.182. The van der Waals surface area contributed by atoms with E-state index in [4.69, 9.17) is 0 Å². The van der Waals surface area contributed by atoms with Crippen LogP contribution in [0, 0.1) is 3.57 Å². The molecule has 0 radical (unpaired) electrons. The average molecular weight is 513 g/mol. The van der Waals surface area contributed by atoms with Gasteiger partial charge in [-0.15, -0.1) is 0 Å². The molecule has 0 saturated heterocycles. The number of nitrogens with one attached hydrogen (secondary N) is 3. The van der Waals surface area contributed by atoms with E-state index in [2.05, 4.69) is 38.5 Å². The van der Waals surface area contributed by atoms with Crippen LogP contribution in [0.15, 0.2) is 78.9 Å². The topological polar surface area (TPSA) is 87.3 Å². The molecular formula is C23H20IN3O3. The maximum absolute atomic E-state index is 12.4. The van der Waals surface area contributed by atoms with Gasteiger partial charge in [0.25, 0.3) is 17.7 Å². The van der Waals surface area contributed by atoms with Crippen molar-refractivity contribution < 1.29 is 14.4 Å². The lowest BCUT2D eigenvalue weighted by Gasteiger charge is -2.09. The number of halogens is 1. The number of anilines is 1. The van der Waals surface area contributed by atoms with Crippen molar-refractivity contribution in [3.63, 3.8) is 0 Å². The van der Waals surface area contributed by atoms with E-state index in [0.717, 1.165) is 3.57 Å². The Kier molecular flexibility index (Phi) is 7.56. The number of carbonyl (C=O) groups is 3. The molecule has 6 nitrogen and oxygen atoms in total. The van der Waals surface area contributed by atoms with E-state index >= 15 is 0 Å². The molecule has 0 aliphatic carbocycles. The second-order valence-corrected chi connectivity index (χ2v) is 7.55. The molecule has 152 valence electrons. The van der Waals surface area contributed by atoms with Gasteiger partial charge < -0.3 is 16.0 Å². The highest BCUT2D eigenvalue weighted by Gasteiger charge is 2.10. The molecule has 0 unspecified atom stereocenters. The fraction of sp³-hybridized carbons (Fsp3) is 0.0870. The Labute approximate surface area is 188 Å². The molecule has 7 heteroatoms. The highest BCUT2D eigenvalue weighted by atomic mass is 127. The SMILES string of the molecule is O=C(NCCNC(=O)c1ccc(NC(=O)c2ccccc2I)cc1)c1ccccc1. The summed E-state index contributed by atoms with van der Waals surface area (Å²) in [6.45, 7) is 0.631. The Morgan fingerprint density at radius 2 is 1.17 bits per heavy atom. The molecule has 0 fully saturated rings. The van der Waals surface area contributed by atoms with Crippen molar-refractivity contribution in [3.05, 3.63) is 99.1 Å². The van der Waals surface area contributed by atoms with Crippen molar-refractivity contribution in [2.75, 3.05) is 18.4 Å². The molecule has 0 bridgehead atoms. The largest absolute Gasteiger partial charge is 0.350 e. The first-order chi connectivity index (χ1) is 14.5. The number of amides is 3. The summed E-state index contributed by atoms with van der Waals surface area (Å²) in [6, 6.07) is 22.8. The molecule has 3 amide bonds. The fourth-order valence-electron chi connectivity index (χ4n) is 2.69. The van der Waals surface area contributed by atoms with Crippen molar-refractivity contribution in [3.8, 4) is 0 Å². The molecule has 30 heavy (non-hydrogen) atoms. The van der Waals surface area contributed by atoms with Crippen molar-refractivity contribution in [1.82, 2.24) is 10.6 Å². The van der Waals surface area contributed by atoms with Gasteiger partial charge in [0.15, 0.2) is 0 Å².